The van der Waals surface area contributed by atoms with Gasteiger partial charge >= 0.3 is 5.69 Å². The number of nitriles is 1. The normalized spacial score (nSPS) is 14.5. The van der Waals surface area contributed by atoms with Crippen LogP contribution in [-0.2, 0) is 9.53 Å². The van der Waals surface area contributed by atoms with Crippen molar-refractivity contribution in [2.75, 3.05) is 39.1 Å². The number of aromatic nitrogens is 4. The van der Waals surface area contributed by atoms with Gasteiger partial charge in [0.15, 0.2) is 11.5 Å². The lowest BCUT2D eigenvalue weighted by Crippen LogP contribution is -2.43. The first kappa shape index (κ1) is 30.5. The maximum absolute atomic E-state index is 14.0. The molecule has 2 aromatic carbocycles. The quantitative estimate of drug-likeness (QED) is 0.159. The van der Waals surface area contributed by atoms with Gasteiger partial charge in [0, 0.05) is 38.3 Å². The number of ether oxygens (including phenoxy) is 2. The lowest BCUT2D eigenvalue weighted by atomic mass is 9.99. The molecule has 228 valence electrons. The number of amides is 1. The number of rotatable bonds is 10. The van der Waals surface area contributed by atoms with E-state index in [4.69, 9.17) is 15.2 Å². The number of fused-ring (bicyclic) bond motifs is 1. The molecule has 4 aromatic rings. The lowest BCUT2D eigenvalue weighted by Gasteiger charge is -2.32. The first-order valence-electron chi connectivity index (χ1n) is 14.5. The van der Waals surface area contributed by atoms with E-state index in [-0.39, 0.29) is 29.0 Å². The van der Waals surface area contributed by atoms with Crippen molar-refractivity contribution in [2.24, 2.45) is 0 Å². The first-order valence-corrected chi connectivity index (χ1v) is 14.5. The highest BCUT2D eigenvalue weighted by Gasteiger charge is 2.31. The number of methoxy groups -OCH3 is 1. The number of nitrogen functional groups attached to an aromatic ring is 1. The third kappa shape index (κ3) is 6.49. The number of hydrogen-bond acceptors (Lipinski definition) is 9. The van der Waals surface area contributed by atoms with Gasteiger partial charge in [0.25, 0.3) is 5.91 Å². The van der Waals surface area contributed by atoms with Crippen LogP contribution in [0.5, 0.6) is 11.5 Å². The number of imidazole rings is 1. The summed E-state index contributed by atoms with van der Waals surface area (Å²) in [5, 5.41) is 13.0. The predicted octanol–water partition coefficient (Wildman–Crippen LogP) is 3.58. The van der Waals surface area contributed by atoms with Crippen LogP contribution in [-0.4, -0.2) is 68.8 Å². The second kappa shape index (κ2) is 13.1. The summed E-state index contributed by atoms with van der Waals surface area (Å²) in [7, 11) is 1.62. The van der Waals surface area contributed by atoms with Crippen molar-refractivity contribution >= 4 is 22.9 Å². The monoisotopic (exact) mass is 596 g/mol. The third-order valence-electron chi connectivity index (χ3n) is 7.61. The number of carbonyl (C=O) groups is 1. The van der Waals surface area contributed by atoms with Gasteiger partial charge in [-0.15, -0.1) is 0 Å². The highest BCUT2D eigenvalue weighted by atomic mass is 16.5. The minimum Gasteiger partial charge on any atom is -0.457 e. The number of hydrogen-bond donors (Lipinski definition) is 2. The molecule has 2 aromatic heterocycles. The van der Waals surface area contributed by atoms with E-state index in [1.165, 1.54) is 10.9 Å². The zero-order valence-corrected chi connectivity index (χ0v) is 25.1. The molecule has 0 unspecified atom stereocenters. The van der Waals surface area contributed by atoms with Gasteiger partial charge in [-0.1, -0.05) is 18.2 Å². The van der Waals surface area contributed by atoms with Crippen molar-refractivity contribution in [1.29, 1.82) is 5.26 Å². The molecule has 3 heterocycles. The maximum Gasteiger partial charge on any atom is 0.335 e. The molecule has 1 fully saturated rings. The Morgan fingerprint density at radius 1 is 1.11 bits per heavy atom. The van der Waals surface area contributed by atoms with Crippen LogP contribution >= 0.6 is 0 Å². The first-order chi connectivity index (χ1) is 21.2. The molecular formula is C32H36N8O4. The van der Waals surface area contributed by atoms with E-state index >= 15 is 0 Å². The molecule has 1 aliphatic heterocycles. The second-order valence-corrected chi connectivity index (χ2v) is 11.2. The molecular weight excluding hydrogens is 560 g/mol. The highest BCUT2D eigenvalue weighted by Crippen LogP contribution is 2.29. The van der Waals surface area contributed by atoms with E-state index in [0.29, 0.717) is 67.4 Å². The second-order valence-electron chi connectivity index (χ2n) is 11.2. The fraction of sp³-hybridized carbons (Fsp3) is 0.344. The van der Waals surface area contributed by atoms with Crippen LogP contribution in [0.25, 0.3) is 16.9 Å². The molecule has 0 spiro atoms. The van der Waals surface area contributed by atoms with Crippen LogP contribution in [0.1, 0.15) is 32.7 Å². The molecule has 1 saturated heterocycles. The van der Waals surface area contributed by atoms with Gasteiger partial charge in [0.05, 0.1) is 12.3 Å². The molecule has 44 heavy (non-hydrogen) atoms. The summed E-state index contributed by atoms with van der Waals surface area (Å²) in [6.45, 7) is 5.66. The average Bonchev–Trinajstić information content (AvgIpc) is 3.33. The maximum atomic E-state index is 14.0. The lowest BCUT2D eigenvalue weighted by molar-refractivity contribution is -0.128. The van der Waals surface area contributed by atoms with Crippen molar-refractivity contribution in [3.63, 3.8) is 0 Å². The zero-order chi connectivity index (χ0) is 31.3. The Balaban J connectivity index is 1.37. The van der Waals surface area contributed by atoms with Gasteiger partial charge in [-0.2, -0.15) is 5.26 Å². The van der Waals surface area contributed by atoms with Crippen LogP contribution in [0.15, 0.2) is 77.4 Å². The third-order valence-corrected chi connectivity index (χ3v) is 7.61. The molecule has 0 atom stereocenters. The van der Waals surface area contributed by atoms with Crippen molar-refractivity contribution in [3.8, 4) is 23.3 Å². The van der Waals surface area contributed by atoms with Crippen LogP contribution in [0.4, 0.5) is 5.82 Å². The number of nitrogens with zero attached hydrogens (tertiary/aromatic N) is 6. The molecule has 1 aliphatic rings. The van der Waals surface area contributed by atoms with E-state index in [1.54, 1.807) is 46.9 Å². The number of nitrogens with two attached hydrogens (primary N) is 1. The van der Waals surface area contributed by atoms with Crippen LogP contribution in [0.3, 0.4) is 0 Å². The van der Waals surface area contributed by atoms with Crippen molar-refractivity contribution in [1.82, 2.24) is 29.3 Å². The fourth-order valence-electron chi connectivity index (χ4n) is 5.45. The Kier molecular flexibility index (Phi) is 9.08. The standard InChI is InChI=1S/C32H36N8O4/c1-32(2,37-15-18-43-3)19-22(20-33)30(41)38-16-13-24(14-17-38)40-29-27(28(34)35-21-36-29)39(31(40)42)23-9-11-26(12-10-23)44-25-7-5-4-6-8-25/h4-12,19,21,24,37H,13-18H2,1-3H3,(H2,34,35,36)/b22-19-. The van der Waals surface area contributed by atoms with Crippen LogP contribution in [0, 0.1) is 11.3 Å². The van der Waals surface area contributed by atoms with E-state index in [9.17, 15) is 14.9 Å². The smallest absolute Gasteiger partial charge is 0.335 e. The number of benzene rings is 2. The summed E-state index contributed by atoms with van der Waals surface area (Å²) in [6.07, 6.45) is 4.02. The Bertz CT molecular complexity index is 1750. The SMILES string of the molecule is COCCNC(C)(C)/C=C(/C#N)C(=O)N1CCC(n2c(=O)n(-c3ccc(Oc4ccccc4)cc3)c3c(N)ncnc32)CC1. The van der Waals surface area contributed by atoms with E-state index in [2.05, 4.69) is 21.4 Å². The predicted molar refractivity (Wildman–Crippen MR) is 167 cm³/mol. The number of anilines is 1. The largest absolute Gasteiger partial charge is 0.457 e. The molecule has 12 nitrogen and oxygen atoms in total. The van der Waals surface area contributed by atoms with Gasteiger partial charge in [-0.25, -0.2) is 14.8 Å². The van der Waals surface area contributed by atoms with Gasteiger partial charge in [-0.3, -0.25) is 13.9 Å². The number of carbonyl (C=O) groups excluding carboxylic acids is 1. The Hall–Kier alpha value is -4.99. The number of piperidine rings is 1. The molecule has 0 aliphatic carbocycles. The minimum atomic E-state index is -0.571. The summed E-state index contributed by atoms with van der Waals surface area (Å²) in [5.41, 5.74) is 6.94. The average molecular weight is 597 g/mol. The number of para-hydroxylation sites is 1. The van der Waals surface area contributed by atoms with Crippen LogP contribution < -0.4 is 21.5 Å². The summed E-state index contributed by atoms with van der Waals surface area (Å²) in [6, 6.07) is 18.4. The molecule has 12 heteroatoms. The Labute approximate surface area is 255 Å². The summed E-state index contributed by atoms with van der Waals surface area (Å²) < 4.78 is 14.2. The Morgan fingerprint density at radius 2 is 1.80 bits per heavy atom. The van der Waals surface area contributed by atoms with Crippen LogP contribution in [0.2, 0.25) is 0 Å². The molecule has 5 rings (SSSR count). The summed E-state index contributed by atoms with van der Waals surface area (Å²) >= 11 is 0. The van der Waals surface area contributed by atoms with Crippen molar-refractivity contribution in [2.45, 2.75) is 38.3 Å². The summed E-state index contributed by atoms with van der Waals surface area (Å²) in [4.78, 5) is 37.5. The van der Waals surface area contributed by atoms with E-state index in [0.717, 1.165) is 0 Å². The van der Waals surface area contributed by atoms with Gasteiger partial charge in [-0.05, 0) is 69.2 Å². The van der Waals surface area contributed by atoms with E-state index < -0.39 is 5.54 Å². The fourth-order valence-corrected chi connectivity index (χ4v) is 5.45. The van der Waals surface area contributed by atoms with Gasteiger partial charge < -0.3 is 25.4 Å². The number of nitrogens with one attached hydrogen (secondary N) is 1. The zero-order valence-electron chi connectivity index (χ0n) is 25.1. The van der Waals surface area contributed by atoms with E-state index in [1.807, 2.05) is 44.2 Å². The molecule has 0 saturated carbocycles. The Morgan fingerprint density at radius 3 is 2.45 bits per heavy atom. The van der Waals surface area contributed by atoms with Gasteiger partial charge in [0.2, 0.25) is 0 Å². The molecule has 0 radical (unpaired) electrons. The highest BCUT2D eigenvalue weighted by molar-refractivity contribution is 5.97. The molecule has 1 amide bonds. The molecule has 0 bridgehead atoms. The van der Waals surface area contributed by atoms with Gasteiger partial charge in [0.1, 0.15) is 35.0 Å². The van der Waals surface area contributed by atoms with Crippen molar-refractivity contribution in [3.05, 3.63) is 83.1 Å². The number of likely N-dealkylation sites (tertiary alicyclic amines) is 1. The van der Waals surface area contributed by atoms with Crippen molar-refractivity contribution < 1.29 is 14.3 Å². The summed E-state index contributed by atoms with van der Waals surface area (Å²) in [5.74, 6) is 1.19. The minimum absolute atomic E-state index is 0.0762. The molecule has 3 N–H and O–H groups in total. The topological polar surface area (TPSA) is 153 Å².